The summed E-state index contributed by atoms with van der Waals surface area (Å²) in [6.07, 6.45) is 3.10. The molecule has 0 spiro atoms. The van der Waals surface area contributed by atoms with Gasteiger partial charge in [-0.25, -0.2) is 0 Å². The lowest BCUT2D eigenvalue weighted by molar-refractivity contribution is 0.0999. The summed E-state index contributed by atoms with van der Waals surface area (Å²) in [4.78, 5) is 22.7. The van der Waals surface area contributed by atoms with Gasteiger partial charge in [-0.1, -0.05) is 27.2 Å². The molecule has 0 radical (unpaired) electrons. The van der Waals surface area contributed by atoms with Crippen LogP contribution in [0.4, 0.5) is 5.69 Å². The van der Waals surface area contributed by atoms with Crippen LogP contribution in [0.2, 0.25) is 0 Å². The third kappa shape index (κ3) is 5.10. The Morgan fingerprint density at radius 1 is 1.05 bits per heavy atom. The quantitative estimate of drug-likeness (QED) is 0.686. The number of hydrogen-bond acceptors (Lipinski definition) is 3. The lowest BCUT2D eigenvalue weighted by atomic mass is 9.97. The van der Waals surface area contributed by atoms with Crippen molar-refractivity contribution in [3.8, 4) is 0 Å². The molecule has 0 saturated carbocycles. The van der Waals surface area contributed by atoms with Crippen LogP contribution in [0.3, 0.4) is 0 Å². The number of hydrogen-bond donors (Lipinski definition) is 3. The summed E-state index contributed by atoms with van der Waals surface area (Å²) >= 11 is 0. The number of carbonyl (C=O) groups excluding carboxylic acids is 2. The summed E-state index contributed by atoms with van der Waals surface area (Å²) in [6.45, 7) is 6.47. The highest BCUT2D eigenvalue weighted by Gasteiger charge is 2.13. The Morgan fingerprint density at radius 2 is 1.57 bits per heavy atom. The number of rotatable bonds is 8. The molecular formula is C16H25N3O2. The van der Waals surface area contributed by atoms with Crippen molar-refractivity contribution in [3.05, 3.63) is 29.3 Å². The molecule has 1 aromatic rings. The van der Waals surface area contributed by atoms with E-state index in [4.69, 9.17) is 11.5 Å². The molecule has 0 bridgehead atoms. The number of primary amides is 2. The number of anilines is 1. The second-order valence-electron chi connectivity index (χ2n) is 5.53. The monoisotopic (exact) mass is 291 g/mol. The first-order valence-corrected chi connectivity index (χ1v) is 7.38. The van der Waals surface area contributed by atoms with Crippen molar-refractivity contribution in [2.75, 3.05) is 5.32 Å². The summed E-state index contributed by atoms with van der Waals surface area (Å²) in [5.41, 5.74) is 11.9. The van der Waals surface area contributed by atoms with Gasteiger partial charge in [0.25, 0.3) is 0 Å². The topological polar surface area (TPSA) is 98.2 Å². The number of carbonyl (C=O) groups is 2. The molecule has 2 atom stereocenters. The minimum absolute atomic E-state index is 0.281. The maximum atomic E-state index is 11.3. The van der Waals surface area contributed by atoms with E-state index >= 15 is 0 Å². The van der Waals surface area contributed by atoms with Gasteiger partial charge in [-0.15, -0.1) is 0 Å². The Kier molecular flexibility index (Phi) is 6.21. The lowest BCUT2D eigenvalue weighted by Gasteiger charge is -2.22. The largest absolute Gasteiger partial charge is 0.382 e. The van der Waals surface area contributed by atoms with Crippen molar-refractivity contribution < 1.29 is 9.59 Å². The summed E-state index contributed by atoms with van der Waals surface area (Å²) in [6, 6.07) is 5.02. The Bertz CT molecular complexity index is 482. The van der Waals surface area contributed by atoms with Crippen molar-refractivity contribution >= 4 is 17.5 Å². The Labute approximate surface area is 126 Å². The van der Waals surface area contributed by atoms with E-state index in [-0.39, 0.29) is 17.2 Å². The van der Waals surface area contributed by atoms with E-state index < -0.39 is 11.8 Å². The van der Waals surface area contributed by atoms with Crippen LogP contribution in [0, 0.1) is 5.92 Å². The van der Waals surface area contributed by atoms with Crippen molar-refractivity contribution in [2.24, 2.45) is 17.4 Å². The Balaban J connectivity index is 2.99. The molecule has 0 aliphatic carbocycles. The molecular weight excluding hydrogens is 266 g/mol. The van der Waals surface area contributed by atoms with E-state index in [1.165, 1.54) is 6.07 Å². The van der Waals surface area contributed by atoms with Crippen molar-refractivity contribution in [1.82, 2.24) is 0 Å². The molecule has 2 amide bonds. The molecule has 0 heterocycles. The fourth-order valence-electron chi connectivity index (χ4n) is 2.21. The highest BCUT2D eigenvalue weighted by molar-refractivity contribution is 5.99. The first-order chi connectivity index (χ1) is 9.87. The van der Waals surface area contributed by atoms with Gasteiger partial charge in [-0.3, -0.25) is 9.59 Å². The predicted octanol–water partition coefficient (Wildman–Crippen LogP) is 2.51. The number of benzene rings is 1. The zero-order valence-corrected chi connectivity index (χ0v) is 13.0. The first-order valence-electron chi connectivity index (χ1n) is 7.38. The normalized spacial score (nSPS) is 13.5. The third-order valence-corrected chi connectivity index (χ3v) is 3.75. The summed E-state index contributed by atoms with van der Waals surface area (Å²) in [5, 5.41) is 3.37. The highest BCUT2D eigenvalue weighted by atomic mass is 16.1. The molecule has 5 N–H and O–H groups in total. The molecule has 0 fully saturated rings. The minimum atomic E-state index is -0.573. The van der Waals surface area contributed by atoms with E-state index in [1.54, 1.807) is 12.1 Å². The molecule has 116 valence electrons. The van der Waals surface area contributed by atoms with Gasteiger partial charge in [-0.05, 0) is 37.0 Å². The fourth-order valence-corrected chi connectivity index (χ4v) is 2.21. The average molecular weight is 291 g/mol. The minimum Gasteiger partial charge on any atom is -0.382 e. The van der Waals surface area contributed by atoms with Crippen molar-refractivity contribution in [1.29, 1.82) is 0 Å². The van der Waals surface area contributed by atoms with E-state index in [9.17, 15) is 9.59 Å². The second kappa shape index (κ2) is 7.67. The molecule has 2 unspecified atom stereocenters. The number of nitrogens with two attached hydrogens (primary N) is 2. The maximum absolute atomic E-state index is 11.3. The molecule has 5 nitrogen and oxygen atoms in total. The van der Waals surface area contributed by atoms with Crippen LogP contribution in [0.25, 0.3) is 0 Å². The fraction of sp³-hybridized carbons (Fsp3) is 0.500. The molecule has 21 heavy (non-hydrogen) atoms. The van der Waals surface area contributed by atoms with Gasteiger partial charge in [-0.2, -0.15) is 0 Å². The zero-order valence-electron chi connectivity index (χ0n) is 13.0. The van der Waals surface area contributed by atoms with E-state index in [1.807, 2.05) is 0 Å². The van der Waals surface area contributed by atoms with Gasteiger partial charge in [0.1, 0.15) is 0 Å². The van der Waals surface area contributed by atoms with Crippen molar-refractivity contribution in [3.63, 3.8) is 0 Å². The summed E-state index contributed by atoms with van der Waals surface area (Å²) in [7, 11) is 0. The van der Waals surface area contributed by atoms with Gasteiger partial charge in [0.15, 0.2) is 0 Å². The SMILES string of the molecule is CCC(C)CC(CC)Nc1cc(C(N)=O)cc(C(N)=O)c1. The molecule has 0 aromatic heterocycles. The van der Waals surface area contributed by atoms with Crippen molar-refractivity contribution in [2.45, 2.75) is 46.1 Å². The Morgan fingerprint density at radius 3 is 1.95 bits per heavy atom. The molecule has 5 heteroatoms. The number of nitrogens with one attached hydrogen (secondary N) is 1. The zero-order chi connectivity index (χ0) is 16.0. The van der Waals surface area contributed by atoms with Gasteiger partial charge in [0.2, 0.25) is 11.8 Å². The molecule has 0 saturated heterocycles. The highest BCUT2D eigenvalue weighted by Crippen LogP contribution is 2.20. The van der Waals surface area contributed by atoms with Crippen LogP contribution in [0.15, 0.2) is 18.2 Å². The van der Waals surface area contributed by atoms with Gasteiger partial charge >= 0.3 is 0 Å². The van der Waals surface area contributed by atoms with Gasteiger partial charge in [0.05, 0.1) is 0 Å². The van der Waals surface area contributed by atoms with E-state index in [0.717, 1.165) is 19.3 Å². The van der Waals surface area contributed by atoms with Crippen LogP contribution < -0.4 is 16.8 Å². The molecule has 1 aromatic carbocycles. The Hall–Kier alpha value is -2.04. The first kappa shape index (κ1) is 17.0. The summed E-state index contributed by atoms with van der Waals surface area (Å²) in [5.74, 6) is -0.537. The average Bonchev–Trinajstić information content (AvgIpc) is 2.45. The van der Waals surface area contributed by atoms with Crippen LogP contribution in [0.1, 0.15) is 60.7 Å². The van der Waals surface area contributed by atoms with Crippen LogP contribution in [-0.2, 0) is 0 Å². The maximum Gasteiger partial charge on any atom is 0.248 e. The molecule has 0 aliphatic rings. The smallest absolute Gasteiger partial charge is 0.248 e. The lowest BCUT2D eigenvalue weighted by Crippen LogP contribution is -2.22. The van der Waals surface area contributed by atoms with Crippen LogP contribution in [0.5, 0.6) is 0 Å². The van der Waals surface area contributed by atoms with E-state index in [2.05, 4.69) is 26.1 Å². The van der Waals surface area contributed by atoms with Crippen LogP contribution in [-0.4, -0.2) is 17.9 Å². The molecule has 1 rings (SSSR count). The predicted molar refractivity (Wildman–Crippen MR) is 85.3 cm³/mol. The van der Waals surface area contributed by atoms with Crippen LogP contribution >= 0.6 is 0 Å². The van der Waals surface area contributed by atoms with Gasteiger partial charge in [0, 0.05) is 22.9 Å². The number of amides is 2. The second-order valence-corrected chi connectivity index (χ2v) is 5.53. The van der Waals surface area contributed by atoms with Gasteiger partial charge < -0.3 is 16.8 Å². The van der Waals surface area contributed by atoms with E-state index in [0.29, 0.717) is 11.6 Å². The summed E-state index contributed by atoms with van der Waals surface area (Å²) < 4.78 is 0. The molecule has 0 aliphatic heterocycles. The standard InChI is InChI=1S/C16H25N3O2/c1-4-10(3)6-13(5-2)19-14-8-11(15(17)20)7-12(9-14)16(18)21/h7-10,13,19H,4-6H2,1-3H3,(H2,17,20)(H2,18,21). The third-order valence-electron chi connectivity index (χ3n) is 3.75.